The van der Waals surface area contributed by atoms with Gasteiger partial charge in [0.2, 0.25) is 0 Å². The molecule has 1 aromatic rings. The van der Waals surface area contributed by atoms with Crippen LogP contribution in [0.25, 0.3) is 0 Å². The summed E-state index contributed by atoms with van der Waals surface area (Å²) >= 11 is 2.04. The van der Waals surface area contributed by atoms with Crippen molar-refractivity contribution in [1.82, 2.24) is 5.32 Å². The average Bonchev–Trinajstić information content (AvgIpc) is 2.02. The maximum atomic E-state index is 3.18. The zero-order chi connectivity index (χ0) is 9.10. The molecule has 0 spiro atoms. The van der Waals surface area contributed by atoms with E-state index in [4.69, 9.17) is 0 Å². The van der Waals surface area contributed by atoms with Gasteiger partial charge in [-0.3, -0.25) is 0 Å². The van der Waals surface area contributed by atoms with Crippen molar-refractivity contribution < 1.29 is 0 Å². The molecule has 1 aliphatic heterocycles. The van der Waals surface area contributed by atoms with Crippen LogP contribution in [-0.2, 0) is 6.54 Å². The lowest BCUT2D eigenvalue weighted by Crippen LogP contribution is -2.16. The van der Waals surface area contributed by atoms with E-state index < -0.39 is 0 Å². The van der Waals surface area contributed by atoms with Crippen molar-refractivity contribution in [3.05, 3.63) is 35.4 Å². The molecule has 0 atom stereocenters. The second kappa shape index (κ2) is 4.16. The Balaban J connectivity index is 2.11. The van der Waals surface area contributed by atoms with Crippen molar-refractivity contribution in [3.8, 4) is 0 Å². The van der Waals surface area contributed by atoms with Crippen LogP contribution in [0, 0.1) is 0 Å². The van der Waals surface area contributed by atoms with Gasteiger partial charge < -0.3 is 5.32 Å². The number of rotatable bonds is 3. The summed E-state index contributed by atoms with van der Waals surface area (Å²) < 4.78 is 0. The van der Waals surface area contributed by atoms with E-state index in [-0.39, 0.29) is 0 Å². The van der Waals surface area contributed by atoms with Gasteiger partial charge in [0.05, 0.1) is 0 Å². The Morgan fingerprint density at radius 1 is 1.46 bits per heavy atom. The first-order chi connectivity index (χ1) is 6.40. The lowest BCUT2D eigenvalue weighted by atomic mass is 10.00. The van der Waals surface area contributed by atoms with Crippen molar-refractivity contribution in [3.63, 3.8) is 0 Å². The number of thioether (sulfide) groups is 1. The molecule has 0 bridgehead atoms. The van der Waals surface area contributed by atoms with Crippen LogP contribution in [0.3, 0.4) is 0 Å². The Morgan fingerprint density at radius 3 is 2.92 bits per heavy atom. The van der Waals surface area contributed by atoms with Crippen LogP contribution in [0.15, 0.2) is 24.3 Å². The molecule has 1 aliphatic rings. The lowest BCUT2D eigenvalue weighted by Gasteiger charge is -2.25. The van der Waals surface area contributed by atoms with Crippen LogP contribution >= 0.6 is 11.8 Å². The van der Waals surface area contributed by atoms with Crippen molar-refractivity contribution in [2.24, 2.45) is 0 Å². The first kappa shape index (κ1) is 9.10. The minimum Gasteiger partial charge on any atom is -0.316 e. The van der Waals surface area contributed by atoms with Gasteiger partial charge in [-0.15, -0.1) is 0 Å². The first-order valence-electron chi connectivity index (χ1n) is 4.71. The molecule has 0 aliphatic carbocycles. The average molecular weight is 193 g/mol. The third-order valence-electron chi connectivity index (χ3n) is 2.44. The number of nitrogens with one attached hydrogen (secondary N) is 1. The molecule has 2 rings (SSSR count). The van der Waals surface area contributed by atoms with Gasteiger partial charge >= 0.3 is 0 Å². The van der Waals surface area contributed by atoms with E-state index in [0.29, 0.717) is 0 Å². The van der Waals surface area contributed by atoms with Crippen LogP contribution in [0.5, 0.6) is 0 Å². The van der Waals surface area contributed by atoms with E-state index in [9.17, 15) is 0 Å². The van der Waals surface area contributed by atoms with E-state index in [0.717, 1.165) is 12.5 Å². The largest absolute Gasteiger partial charge is 0.316 e. The second-order valence-electron chi connectivity index (χ2n) is 3.51. The molecule has 0 unspecified atom stereocenters. The topological polar surface area (TPSA) is 12.0 Å². The molecule has 13 heavy (non-hydrogen) atoms. The number of hydrogen-bond donors (Lipinski definition) is 1. The van der Waals surface area contributed by atoms with E-state index in [1.165, 1.54) is 22.6 Å². The highest BCUT2D eigenvalue weighted by molar-refractivity contribution is 8.00. The van der Waals surface area contributed by atoms with Crippen LogP contribution in [-0.4, -0.2) is 18.6 Å². The monoisotopic (exact) mass is 193 g/mol. The van der Waals surface area contributed by atoms with Gasteiger partial charge in [0, 0.05) is 24.0 Å². The molecular formula is C11H15NS. The fourth-order valence-corrected chi connectivity index (χ4v) is 2.45. The molecule has 0 aromatic heterocycles. The van der Waals surface area contributed by atoms with Gasteiger partial charge in [0.1, 0.15) is 0 Å². The Hall–Kier alpha value is -0.470. The maximum Gasteiger partial charge on any atom is 0.0202 e. The lowest BCUT2D eigenvalue weighted by molar-refractivity contribution is 0.804. The molecule has 1 fully saturated rings. The van der Waals surface area contributed by atoms with Crippen molar-refractivity contribution in [1.29, 1.82) is 0 Å². The van der Waals surface area contributed by atoms with Gasteiger partial charge in [0.25, 0.3) is 0 Å². The van der Waals surface area contributed by atoms with Gasteiger partial charge in [-0.25, -0.2) is 0 Å². The first-order valence-corrected chi connectivity index (χ1v) is 5.87. The minimum absolute atomic E-state index is 0.821. The van der Waals surface area contributed by atoms with Crippen molar-refractivity contribution >= 4 is 11.8 Å². The van der Waals surface area contributed by atoms with Crippen molar-refractivity contribution in [2.45, 2.75) is 12.5 Å². The number of hydrogen-bond acceptors (Lipinski definition) is 2. The fourth-order valence-electron chi connectivity index (χ4n) is 1.59. The number of benzene rings is 1. The SMILES string of the molecule is CNCc1cccc(C2CSC2)c1. The van der Waals surface area contributed by atoms with Gasteiger partial charge in [-0.05, 0) is 18.2 Å². The molecule has 1 aromatic carbocycles. The molecule has 0 amide bonds. The van der Waals surface area contributed by atoms with Gasteiger partial charge in [-0.1, -0.05) is 24.3 Å². The molecule has 0 radical (unpaired) electrons. The molecule has 70 valence electrons. The normalized spacial score (nSPS) is 17.0. The molecule has 1 nitrogen and oxygen atoms in total. The smallest absolute Gasteiger partial charge is 0.0202 e. The minimum atomic E-state index is 0.821. The van der Waals surface area contributed by atoms with Crippen LogP contribution < -0.4 is 5.32 Å². The highest BCUT2D eigenvalue weighted by Crippen LogP contribution is 2.33. The summed E-state index contributed by atoms with van der Waals surface area (Å²) in [6.45, 7) is 0.980. The summed E-state index contributed by atoms with van der Waals surface area (Å²) in [6, 6.07) is 8.95. The summed E-state index contributed by atoms with van der Waals surface area (Å²) in [7, 11) is 1.99. The molecule has 1 heterocycles. The Morgan fingerprint density at radius 2 is 2.31 bits per heavy atom. The molecule has 1 N–H and O–H groups in total. The molecule has 0 saturated carbocycles. The third-order valence-corrected chi connectivity index (χ3v) is 3.72. The van der Waals surface area contributed by atoms with Crippen LogP contribution in [0.1, 0.15) is 17.0 Å². The zero-order valence-electron chi connectivity index (χ0n) is 7.92. The van der Waals surface area contributed by atoms with E-state index >= 15 is 0 Å². The second-order valence-corrected chi connectivity index (χ2v) is 4.58. The summed E-state index contributed by atoms with van der Waals surface area (Å²) in [5, 5.41) is 3.18. The Bertz CT molecular complexity index is 281. The quantitative estimate of drug-likeness (QED) is 0.790. The summed E-state index contributed by atoms with van der Waals surface area (Å²) in [5.41, 5.74) is 2.92. The predicted octanol–water partition coefficient (Wildman–Crippen LogP) is 2.24. The van der Waals surface area contributed by atoms with E-state index in [1.54, 1.807) is 0 Å². The van der Waals surface area contributed by atoms with Crippen LogP contribution in [0.2, 0.25) is 0 Å². The molecule has 2 heteroatoms. The zero-order valence-corrected chi connectivity index (χ0v) is 8.73. The van der Waals surface area contributed by atoms with Crippen LogP contribution in [0.4, 0.5) is 0 Å². The predicted molar refractivity (Wildman–Crippen MR) is 59.3 cm³/mol. The highest BCUT2D eigenvalue weighted by Gasteiger charge is 2.19. The van der Waals surface area contributed by atoms with E-state index in [2.05, 4.69) is 29.6 Å². The molecular weight excluding hydrogens is 178 g/mol. The fraction of sp³-hybridized carbons (Fsp3) is 0.455. The summed E-state index contributed by atoms with van der Waals surface area (Å²) in [5.74, 6) is 3.44. The van der Waals surface area contributed by atoms with Gasteiger partial charge in [-0.2, -0.15) is 11.8 Å². The highest BCUT2D eigenvalue weighted by atomic mass is 32.2. The summed E-state index contributed by atoms with van der Waals surface area (Å²) in [4.78, 5) is 0. The van der Waals surface area contributed by atoms with Gasteiger partial charge in [0.15, 0.2) is 0 Å². The Labute approximate surface area is 83.9 Å². The standard InChI is InChI=1S/C11H15NS/c1-12-6-9-3-2-4-10(5-9)11-7-13-8-11/h2-5,11-12H,6-8H2,1H3. The van der Waals surface area contributed by atoms with Crippen molar-refractivity contribution in [2.75, 3.05) is 18.6 Å². The third kappa shape index (κ3) is 2.06. The summed E-state index contributed by atoms with van der Waals surface area (Å²) in [6.07, 6.45) is 0. The molecule has 1 saturated heterocycles. The van der Waals surface area contributed by atoms with E-state index in [1.807, 2.05) is 18.8 Å². The Kier molecular flexibility index (Phi) is 2.91. The maximum absolute atomic E-state index is 3.18.